The van der Waals surface area contributed by atoms with E-state index in [1.54, 1.807) is 60.4 Å². The van der Waals surface area contributed by atoms with E-state index in [4.69, 9.17) is 27.3 Å². The molecule has 7 nitrogen and oxygen atoms in total. The van der Waals surface area contributed by atoms with Crippen molar-refractivity contribution in [2.45, 2.75) is 19.1 Å². The molecule has 0 spiro atoms. The number of nitriles is 1. The molecular weight excluding hydrogens is 404 g/mol. The Morgan fingerprint density at radius 1 is 1.07 bits per heavy atom. The van der Waals surface area contributed by atoms with Gasteiger partial charge in [-0.1, -0.05) is 23.7 Å². The molecule has 1 heterocycles. The van der Waals surface area contributed by atoms with Gasteiger partial charge in [0.05, 0.1) is 11.6 Å². The minimum absolute atomic E-state index is 0.124. The minimum Gasteiger partial charge on any atom is -0.481 e. The van der Waals surface area contributed by atoms with Crippen molar-refractivity contribution in [1.82, 2.24) is 9.80 Å². The van der Waals surface area contributed by atoms with Gasteiger partial charge in [-0.2, -0.15) is 5.26 Å². The van der Waals surface area contributed by atoms with E-state index in [0.717, 1.165) is 5.56 Å². The molecule has 1 fully saturated rings. The van der Waals surface area contributed by atoms with Crippen LogP contribution in [0.15, 0.2) is 48.5 Å². The molecule has 1 aliphatic heterocycles. The molecule has 2 atom stereocenters. The molecule has 1 aliphatic rings. The van der Waals surface area contributed by atoms with E-state index in [2.05, 4.69) is 0 Å². The maximum atomic E-state index is 12.8. The van der Waals surface area contributed by atoms with E-state index in [0.29, 0.717) is 42.5 Å². The average molecular weight is 427 g/mol. The van der Waals surface area contributed by atoms with Gasteiger partial charge in [0.1, 0.15) is 11.8 Å². The molecular formula is C22H23ClN4O3. The minimum atomic E-state index is -0.660. The SMILES string of the molecule is C[C@@H](Oc1ccc(C#N)cc1)C(=O)N1CCN([C@H](C(N)=O)c2ccc(Cl)cc2)CC1. The molecule has 3 rings (SSSR count). The molecule has 0 unspecified atom stereocenters. The zero-order chi connectivity index (χ0) is 21.7. The van der Waals surface area contributed by atoms with Gasteiger partial charge < -0.3 is 15.4 Å². The maximum Gasteiger partial charge on any atom is 0.263 e. The van der Waals surface area contributed by atoms with Gasteiger partial charge >= 0.3 is 0 Å². The Morgan fingerprint density at radius 3 is 2.20 bits per heavy atom. The molecule has 0 radical (unpaired) electrons. The second kappa shape index (κ2) is 9.61. The number of rotatable bonds is 6. The maximum absolute atomic E-state index is 12.8. The number of hydrogen-bond acceptors (Lipinski definition) is 5. The number of carbonyl (C=O) groups excluding carboxylic acids is 2. The number of nitrogens with two attached hydrogens (primary N) is 1. The first-order valence-electron chi connectivity index (χ1n) is 9.63. The number of nitrogens with zero attached hydrogens (tertiary/aromatic N) is 3. The third-order valence-electron chi connectivity index (χ3n) is 5.09. The summed E-state index contributed by atoms with van der Waals surface area (Å²) < 4.78 is 5.72. The highest BCUT2D eigenvalue weighted by Crippen LogP contribution is 2.24. The van der Waals surface area contributed by atoms with Crippen LogP contribution in [0, 0.1) is 11.3 Å². The fourth-order valence-electron chi connectivity index (χ4n) is 3.52. The van der Waals surface area contributed by atoms with Crippen molar-refractivity contribution in [1.29, 1.82) is 5.26 Å². The van der Waals surface area contributed by atoms with Crippen LogP contribution in [-0.2, 0) is 9.59 Å². The predicted molar refractivity (Wildman–Crippen MR) is 113 cm³/mol. The number of primary amides is 1. The summed E-state index contributed by atoms with van der Waals surface area (Å²) in [4.78, 5) is 28.6. The van der Waals surface area contributed by atoms with E-state index in [-0.39, 0.29) is 5.91 Å². The number of piperazine rings is 1. The molecule has 1 saturated heterocycles. The molecule has 0 aromatic heterocycles. The van der Waals surface area contributed by atoms with Gasteiger partial charge in [0.2, 0.25) is 5.91 Å². The van der Waals surface area contributed by atoms with Crippen molar-refractivity contribution in [2.75, 3.05) is 26.2 Å². The zero-order valence-corrected chi connectivity index (χ0v) is 17.4. The molecule has 2 N–H and O–H groups in total. The van der Waals surface area contributed by atoms with Gasteiger partial charge in [-0.3, -0.25) is 14.5 Å². The van der Waals surface area contributed by atoms with Crippen molar-refractivity contribution < 1.29 is 14.3 Å². The number of carbonyl (C=O) groups is 2. The second-order valence-corrected chi connectivity index (χ2v) is 7.55. The number of hydrogen-bond donors (Lipinski definition) is 1. The lowest BCUT2D eigenvalue weighted by molar-refractivity contribution is -0.140. The Morgan fingerprint density at radius 2 is 1.67 bits per heavy atom. The smallest absolute Gasteiger partial charge is 0.263 e. The third-order valence-corrected chi connectivity index (χ3v) is 5.34. The van der Waals surface area contributed by atoms with E-state index in [1.165, 1.54) is 0 Å². The molecule has 156 valence electrons. The lowest BCUT2D eigenvalue weighted by Gasteiger charge is -2.39. The normalized spacial score (nSPS) is 16.4. The van der Waals surface area contributed by atoms with Crippen LogP contribution in [0.5, 0.6) is 5.75 Å². The first-order chi connectivity index (χ1) is 14.4. The molecule has 2 amide bonds. The highest BCUT2D eigenvalue weighted by Gasteiger charge is 2.32. The quantitative estimate of drug-likeness (QED) is 0.764. The van der Waals surface area contributed by atoms with E-state index < -0.39 is 18.1 Å². The summed E-state index contributed by atoms with van der Waals surface area (Å²) in [5, 5.41) is 9.45. The topological polar surface area (TPSA) is 99.7 Å². The third kappa shape index (κ3) is 5.09. The van der Waals surface area contributed by atoms with Crippen molar-refractivity contribution >= 4 is 23.4 Å². The lowest BCUT2D eigenvalue weighted by Crippen LogP contribution is -2.54. The van der Waals surface area contributed by atoms with Crippen LogP contribution in [0.2, 0.25) is 5.02 Å². The first-order valence-corrected chi connectivity index (χ1v) is 10.0. The van der Waals surface area contributed by atoms with Crippen molar-refractivity contribution in [3.05, 3.63) is 64.7 Å². The summed E-state index contributed by atoms with van der Waals surface area (Å²) in [5.74, 6) is -0.0271. The molecule has 0 saturated carbocycles. The Balaban J connectivity index is 1.59. The summed E-state index contributed by atoms with van der Waals surface area (Å²) in [7, 11) is 0. The van der Waals surface area contributed by atoms with E-state index in [1.807, 2.05) is 11.0 Å². The fourth-order valence-corrected chi connectivity index (χ4v) is 3.65. The highest BCUT2D eigenvalue weighted by atomic mass is 35.5. The van der Waals surface area contributed by atoms with Crippen LogP contribution in [0.4, 0.5) is 0 Å². The summed E-state index contributed by atoms with van der Waals surface area (Å²) >= 11 is 5.94. The van der Waals surface area contributed by atoms with Gasteiger partial charge in [0.15, 0.2) is 6.10 Å². The van der Waals surface area contributed by atoms with Crippen LogP contribution in [-0.4, -0.2) is 53.9 Å². The number of halogens is 1. The highest BCUT2D eigenvalue weighted by molar-refractivity contribution is 6.30. The molecule has 2 aromatic rings. The van der Waals surface area contributed by atoms with Gasteiger partial charge in [-0.05, 0) is 48.9 Å². The lowest BCUT2D eigenvalue weighted by atomic mass is 10.0. The number of amides is 2. The van der Waals surface area contributed by atoms with Crippen LogP contribution in [0.1, 0.15) is 24.1 Å². The van der Waals surface area contributed by atoms with Crippen molar-refractivity contribution in [2.24, 2.45) is 5.73 Å². The number of ether oxygens (including phenoxy) is 1. The predicted octanol–water partition coefficient (Wildman–Crippen LogP) is 2.35. The second-order valence-electron chi connectivity index (χ2n) is 7.11. The van der Waals surface area contributed by atoms with Gasteiger partial charge in [-0.15, -0.1) is 0 Å². The van der Waals surface area contributed by atoms with Crippen molar-refractivity contribution in [3.8, 4) is 11.8 Å². The summed E-state index contributed by atoms with van der Waals surface area (Å²) in [5.41, 5.74) is 6.96. The summed E-state index contributed by atoms with van der Waals surface area (Å²) in [6.45, 7) is 3.68. The Hall–Kier alpha value is -3.08. The van der Waals surface area contributed by atoms with Crippen LogP contribution in [0.25, 0.3) is 0 Å². The largest absolute Gasteiger partial charge is 0.481 e. The molecule has 8 heteroatoms. The summed E-state index contributed by atoms with van der Waals surface area (Å²) in [6.07, 6.45) is -0.660. The molecule has 2 aromatic carbocycles. The Bertz CT molecular complexity index is 932. The molecule has 0 aliphatic carbocycles. The number of benzene rings is 2. The summed E-state index contributed by atoms with van der Waals surface area (Å²) in [6, 6.07) is 15.2. The average Bonchev–Trinajstić information content (AvgIpc) is 2.75. The zero-order valence-electron chi connectivity index (χ0n) is 16.6. The van der Waals surface area contributed by atoms with Gasteiger partial charge in [0, 0.05) is 31.2 Å². The van der Waals surface area contributed by atoms with Crippen LogP contribution >= 0.6 is 11.6 Å². The van der Waals surface area contributed by atoms with Crippen LogP contribution in [0.3, 0.4) is 0 Å². The molecule has 30 heavy (non-hydrogen) atoms. The first kappa shape index (κ1) is 21.6. The molecule has 0 bridgehead atoms. The van der Waals surface area contributed by atoms with Gasteiger partial charge in [0.25, 0.3) is 5.91 Å². The monoisotopic (exact) mass is 426 g/mol. The Labute approximate surface area is 180 Å². The van der Waals surface area contributed by atoms with Crippen LogP contribution < -0.4 is 10.5 Å². The van der Waals surface area contributed by atoms with Crippen molar-refractivity contribution in [3.63, 3.8) is 0 Å². The van der Waals surface area contributed by atoms with E-state index >= 15 is 0 Å². The van der Waals surface area contributed by atoms with Gasteiger partial charge in [-0.25, -0.2) is 0 Å². The Kier molecular flexibility index (Phi) is 6.93. The van der Waals surface area contributed by atoms with E-state index in [9.17, 15) is 9.59 Å². The standard InChI is InChI=1S/C22H23ClN4O3/c1-15(30-19-8-2-16(14-24)3-9-19)22(29)27-12-10-26(11-13-27)20(21(25)28)17-4-6-18(23)7-5-17/h2-9,15,20H,10-13H2,1H3,(H2,25,28)/t15-,20+/m1/s1. The fraction of sp³-hybridized carbons (Fsp3) is 0.318.